The number of aromatic nitrogens is 2. The molecule has 3 rings (SSSR count). The molecule has 6 nitrogen and oxygen atoms in total. The summed E-state index contributed by atoms with van der Waals surface area (Å²) in [7, 11) is 0. The van der Waals surface area contributed by atoms with Gasteiger partial charge in [0.1, 0.15) is 11.6 Å². The fourth-order valence-electron chi connectivity index (χ4n) is 2.25. The monoisotopic (exact) mass is 292 g/mol. The summed E-state index contributed by atoms with van der Waals surface area (Å²) >= 11 is 0. The van der Waals surface area contributed by atoms with Gasteiger partial charge in [0.15, 0.2) is 5.78 Å². The lowest BCUT2D eigenvalue weighted by atomic mass is 9.92. The fraction of sp³-hybridized carbons (Fsp3) is 0.333. The first kappa shape index (κ1) is 7.49. The molecule has 0 aliphatic heterocycles. The summed E-state index contributed by atoms with van der Waals surface area (Å²) in [5.74, 6) is -2.95. The predicted octanol–water partition coefficient (Wildman–Crippen LogP) is 1.15. The van der Waals surface area contributed by atoms with Gasteiger partial charge in [0, 0.05) is 20.3 Å². The van der Waals surface area contributed by atoms with E-state index < -0.39 is 55.0 Å². The van der Waals surface area contributed by atoms with Crippen LogP contribution in [0.3, 0.4) is 0 Å². The van der Waals surface area contributed by atoms with Crippen LogP contribution in [0, 0.1) is 6.85 Å². The zero-order valence-electron chi connectivity index (χ0n) is 17.7. The molecule has 1 aromatic heterocycles. The molecule has 1 heterocycles. The van der Waals surface area contributed by atoms with E-state index >= 15 is 0 Å². The van der Waals surface area contributed by atoms with Crippen LogP contribution in [-0.2, 0) is 9.59 Å². The Bertz CT molecular complexity index is 1080. The average molecular weight is 292 g/mol. The van der Waals surface area contributed by atoms with E-state index in [1.54, 1.807) is 0 Å². The maximum Gasteiger partial charge on any atom is 0.264 e. The molecule has 1 aliphatic rings. The number of nitrogens with two attached hydrogens (primary N) is 1. The molecule has 1 aromatic carbocycles. The van der Waals surface area contributed by atoms with Crippen molar-refractivity contribution >= 4 is 28.2 Å². The molecule has 1 saturated carbocycles. The molecule has 0 radical (unpaired) electrons. The molecule has 1 fully saturated rings. The van der Waals surface area contributed by atoms with Crippen LogP contribution < -0.4 is 11.3 Å². The zero-order chi connectivity index (χ0) is 21.2. The molecule has 21 heavy (non-hydrogen) atoms. The third kappa shape index (κ3) is 2.12. The molecular formula is C15H15N3O3. The van der Waals surface area contributed by atoms with Gasteiger partial charge in [0.2, 0.25) is 0 Å². The molecule has 0 spiro atoms. The van der Waals surface area contributed by atoms with E-state index in [1.165, 1.54) is 12.1 Å². The SMILES string of the molecule is [2H]c1ccc(N)c2c(=O)n(C3C(=O)CC(=O)C([2H])([2H])C3[2H])c(C([2H])([2H])[2H])nc12. The summed E-state index contributed by atoms with van der Waals surface area (Å²) in [4.78, 5) is 41.3. The standard InChI is InChI=1S/C15H15N3O3/c1-8-17-11-4-2-3-10(16)14(11)15(21)18(8)12-6-5-9(19)7-13(12)20/h2-4,12H,5-7,16H2,1H3/i1D3,4D,5D2,6D. The number of rotatable bonds is 1. The van der Waals surface area contributed by atoms with E-state index in [9.17, 15) is 14.4 Å². The van der Waals surface area contributed by atoms with Crippen LogP contribution in [0.4, 0.5) is 5.69 Å². The molecule has 0 bridgehead atoms. The maximum atomic E-state index is 13.1. The van der Waals surface area contributed by atoms with Gasteiger partial charge < -0.3 is 5.73 Å². The van der Waals surface area contributed by atoms with Gasteiger partial charge in [-0.15, -0.1) is 0 Å². The second-order valence-electron chi connectivity index (χ2n) is 4.59. The number of carbonyl (C=O) groups is 2. The van der Waals surface area contributed by atoms with Crippen molar-refractivity contribution in [1.82, 2.24) is 9.55 Å². The Morgan fingerprint density at radius 2 is 2.33 bits per heavy atom. The normalized spacial score (nSPS) is 30.6. The Kier molecular flexibility index (Phi) is 1.71. The Balaban J connectivity index is 2.45. The van der Waals surface area contributed by atoms with Gasteiger partial charge in [0.05, 0.1) is 24.7 Å². The van der Waals surface area contributed by atoms with E-state index in [2.05, 4.69) is 4.98 Å². The van der Waals surface area contributed by atoms with Gasteiger partial charge >= 0.3 is 0 Å². The van der Waals surface area contributed by atoms with E-state index in [1.807, 2.05) is 0 Å². The lowest BCUT2D eigenvalue weighted by Crippen LogP contribution is -2.36. The van der Waals surface area contributed by atoms with Gasteiger partial charge in [-0.1, -0.05) is 6.07 Å². The van der Waals surface area contributed by atoms with Gasteiger partial charge in [-0.05, 0) is 25.4 Å². The number of ketones is 2. The van der Waals surface area contributed by atoms with Crippen LogP contribution >= 0.6 is 0 Å². The fourth-order valence-corrected chi connectivity index (χ4v) is 2.25. The lowest BCUT2D eigenvalue weighted by Gasteiger charge is -2.24. The zero-order valence-corrected chi connectivity index (χ0v) is 10.7. The first-order valence-electron chi connectivity index (χ1n) is 9.66. The van der Waals surface area contributed by atoms with Crippen LogP contribution in [0.25, 0.3) is 10.9 Å². The number of carbonyl (C=O) groups excluding carboxylic acids is 2. The molecule has 2 N–H and O–H groups in total. The second kappa shape index (κ2) is 4.80. The third-order valence-corrected chi connectivity index (χ3v) is 3.23. The summed E-state index contributed by atoms with van der Waals surface area (Å²) in [6.07, 6.45) is -5.70. The Hall–Kier alpha value is -2.50. The largest absolute Gasteiger partial charge is 0.398 e. The molecule has 108 valence electrons. The van der Waals surface area contributed by atoms with Gasteiger partial charge in [-0.2, -0.15) is 0 Å². The van der Waals surface area contributed by atoms with Crippen molar-refractivity contribution in [2.24, 2.45) is 0 Å². The van der Waals surface area contributed by atoms with Crippen LogP contribution in [-0.4, -0.2) is 21.1 Å². The van der Waals surface area contributed by atoms with E-state index in [-0.39, 0.29) is 22.6 Å². The van der Waals surface area contributed by atoms with Crippen molar-refractivity contribution in [2.75, 3.05) is 5.73 Å². The average Bonchev–Trinajstić information content (AvgIpc) is 2.57. The number of anilines is 1. The predicted molar refractivity (Wildman–Crippen MR) is 78.1 cm³/mol. The minimum absolute atomic E-state index is 0.113. The summed E-state index contributed by atoms with van der Waals surface area (Å²) < 4.78 is 55.0. The van der Waals surface area contributed by atoms with Crippen molar-refractivity contribution in [1.29, 1.82) is 0 Å². The van der Waals surface area contributed by atoms with Gasteiger partial charge in [-0.3, -0.25) is 19.0 Å². The number of nitrogen functional groups attached to an aromatic ring is 1. The molecular weight excluding hydrogens is 270 g/mol. The molecule has 6 heteroatoms. The van der Waals surface area contributed by atoms with Crippen molar-refractivity contribution in [3.63, 3.8) is 0 Å². The quantitative estimate of drug-likeness (QED) is 0.628. The van der Waals surface area contributed by atoms with E-state index in [4.69, 9.17) is 15.3 Å². The Labute approximate surface area is 130 Å². The molecule has 0 saturated heterocycles. The summed E-state index contributed by atoms with van der Waals surface area (Å²) in [5, 5.41) is -0.307. The van der Waals surface area contributed by atoms with Crippen molar-refractivity contribution < 1.29 is 19.2 Å². The number of aryl methyl sites for hydroxylation is 1. The van der Waals surface area contributed by atoms with E-state index in [0.29, 0.717) is 4.57 Å². The Morgan fingerprint density at radius 3 is 3.10 bits per heavy atom. The van der Waals surface area contributed by atoms with Crippen molar-refractivity contribution in [3.8, 4) is 0 Å². The van der Waals surface area contributed by atoms with Gasteiger partial charge in [0.25, 0.3) is 5.56 Å². The number of fused-ring (bicyclic) bond motifs is 1. The molecule has 0 amide bonds. The number of nitrogens with zero attached hydrogens (tertiary/aromatic N) is 2. The summed E-state index contributed by atoms with van der Waals surface area (Å²) in [6, 6.07) is 0.341. The highest BCUT2D eigenvalue weighted by molar-refractivity contribution is 6.03. The van der Waals surface area contributed by atoms with E-state index in [0.717, 1.165) is 0 Å². The molecule has 2 unspecified atom stereocenters. The summed E-state index contributed by atoms with van der Waals surface area (Å²) in [5.41, 5.74) is 4.32. The smallest absolute Gasteiger partial charge is 0.264 e. The highest BCUT2D eigenvalue weighted by Gasteiger charge is 2.30. The van der Waals surface area contributed by atoms with Crippen molar-refractivity contribution in [3.05, 3.63) is 34.4 Å². The van der Waals surface area contributed by atoms with Crippen LogP contribution in [0.15, 0.2) is 23.0 Å². The lowest BCUT2D eigenvalue weighted by molar-refractivity contribution is -0.132. The number of hydrogen-bond acceptors (Lipinski definition) is 5. The highest BCUT2D eigenvalue weighted by atomic mass is 16.2. The van der Waals surface area contributed by atoms with Gasteiger partial charge in [-0.25, -0.2) is 4.98 Å². The second-order valence-corrected chi connectivity index (χ2v) is 4.59. The topological polar surface area (TPSA) is 95.0 Å². The Morgan fingerprint density at radius 1 is 1.52 bits per heavy atom. The molecule has 1 aliphatic carbocycles. The maximum absolute atomic E-state index is 13.1. The first-order valence-corrected chi connectivity index (χ1v) is 6.08. The number of benzene rings is 1. The molecule has 2 atom stereocenters. The highest BCUT2D eigenvalue weighted by Crippen LogP contribution is 2.24. The third-order valence-electron chi connectivity index (χ3n) is 3.23. The van der Waals surface area contributed by atoms with Crippen LogP contribution in [0.5, 0.6) is 0 Å². The number of Topliss-reactive ketones (excluding diaryl/α,β-unsaturated/α-hetero) is 2. The van der Waals surface area contributed by atoms with Crippen molar-refractivity contribution in [2.45, 2.75) is 32.1 Å². The number of hydrogen-bond donors (Lipinski definition) is 1. The first-order chi connectivity index (χ1) is 12.8. The van der Waals surface area contributed by atoms with Crippen LogP contribution in [0.2, 0.25) is 0 Å². The minimum atomic E-state index is -3.02. The summed E-state index contributed by atoms with van der Waals surface area (Å²) in [6.45, 7) is -3.02. The minimum Gasteiger partial charge on any atom is -0.398 e. The molecule has 2 aromatic rings. The van der Waals surface area contributed by atoms with Crippen LogP contribution in [0.1, 0.15) is 40.7 Å².